The van der Waals surface area contributed by atoms with Crippen LogP contribution in [0.25, 0.3) is 5.69 Å². The summed E-state index contributed by atoms with van der Waals surface area (Å²) in [5.41, 5.74) is 2.23. The molecule has 2 heterocycles. The lowest BCUT2D eigenvalue weighted by Crippen LogP contribution is -2.24. The number of hydrogen-bond donors (Lipinski definition) is 1. The number of aliphatic hydroxyl groups is 1. The lowest BCUT2D eigenvalue weighted by molar-refractivity contribution is 0.194. The maximum absolute atomic E-state index is 15.2. The second kappa shape index (κ2) is 8.14. The molecule has 7 heteroatoms. The Bertz CT molecular complexity index is 989. The highest BCUT2D eigenvalue weighted by atomic mass is 35.5. The first-order valence-electron chi connectivity index (χ1n) is 9.59. The zero-order valence-corrected chi connectivity index (χ0v) is 17.2. The summed E-state index contributed by atoms with van der Waals surface area (Å²) in [7, 11) is 3.94. The van der Waals surface area contributed by atoms with Crippen LogP contribution in [0.15, 0.2) is 54.9 Å². The van der Waals surface area contributed by atoms with Gasteiger partial charge in [0.1, 0.15) is 11.6 Å². The Balaban J connectivity index is 1.65. The monoisotopic (exact) mass is 414 g/mol. The molecule has 1 aliphatic rings. The van der Waals surface area contributed by atoms with E-state index in [1.54, 1.807) is 12.3 Å². The van der Waals surface area contributed by atoms with Gasteiger partial charge in [0.2, 0.25) is 0 Å². The van der Waals surface area contributed by atoms with Crippen LogP contribution in [0.2, 0.25) is 5.02 Å². The van der Waals surface area contributed by atoms with Gasteiger partial charge in [0.15, 0.2) is 0 Å². The zero-order valence-electron chi connectivity index (χ0n) is 16.5. The molecule has 1 saturated heterocycles. The van der Waals surface area contributed by atoms with Crippen molar-refractivity contribution in [2.45, 2.75) is 25.1 Å². The first-order valence-corrected chi connectivity index (χ1v) is 9.97. The molecule has 3 aromatic rings. The fourth-order valence-corrected chi connectivity index (χ4v) is 4.06. The third-order valence-electron chi connectivity index (χ3n) is 5.23. The van der Waals surface area contributed by atoms with Gasteiger partial charge in [-0.15, -0.1) is 0 Å². The van der Waals surface area contributed by atoms with Gasteiger partial charge in [-0.2, -0.15) is 0 Å². The maximum atomic E-state index is 15.2. The average molecular weight is 415 g/mol. The molecule has 5 nitrogen and oxygen atoms in total. The van der Waals surface area contributed by atoms with Crippen molar-refractivity contribution in [1.82, 2.24) is 14.5 Å². The minimum Gasteiger partial charge on any atom is -0.391 e. The van der Waals surface area contributed by atoms with Gasteiger partial charge >= 0.3 is 0 Å². The van der Waals surface area contributed by atoms with Crippen molar-refractivity contribution < 1.29 is 9.50 Å². The minimum atomic E-state index is -0.505. The molecule has 1 fully saturated rings. The van der Waals surface area contributed by atoms with Gasteiger partial charge in [0.05, 0.1) is 18.7 Å². The van der Waals surface area contributed by atoms with E-state index in [1.807, 2.05) is 71.1 Å². The molecule has 0 bridgehead atoms. The lowest BCUT2D eigenvalue weighted by Gasteiger charge is -2.27. The van der Waals surface area contributed by atoms with Gasteiger partial charge in [-0.05, 0) is 56.9 Å². The summed E-state index contributed by atoms with van der Waals surface area (Å²) < 4.78 is 17.1. The fourth-order valence-electron chi connectivity index (χ4n) is 3.93. The minimum absolute atomic E-state index is 0.232. The summed E-state index contributed by atoms with van der Waals surface area (Å²) in [5.74, 6) is 0.561. The Kier molecular flexibility index (Phi) is 5.58. The van der Waals surface area contributed by atoms with Crippen molar-refractivity contribution in [3.63, 3.8) is 0 Å². The molecule has 0 amide bonds. The topological polar surface area (TPSA) is 44.5 Å². The maximum Gasteiger partial charge on any atom is 0.130 e. The second-order valence-electron chi connectivity index (χ2n) is 7.69. The van der Waals surface area contributed by atoms with Crippen LogP contribution < -0.4 is 4.90 Å². The fraction of sp³-hybridized carbons (Fsp3) is 0.318. The van der Waals surface area contributed by atoms with E-state index in [4.69, 9.17) is 11.6 Å². The number of imidazole rings is 1. The molecule has 0 spiro atoms. The SMILES string of the molecule is CN(C)Cc1nccn1-c1ccc([C@H]2C[C@@H](O)CN2c2ccc(Cl)cc2)c(F)c1. The average Bonchev–Trinajstić information content (AvgIpc) is 3.28. The van der Waals surface area contributed by atoms with E-state index < -0.39 is 6.10 Å². The normalized spacial score (nSPS) is 19.3. The van der Waals surface area contributed by atoms with Crippen LogP contribution >= 0.6 is 11.6 Å². The van der Waals surface area contributed by atoms with Crippen molar-refractivity contribution >= 4 is 17.3 Å². The van der Waals surface area contributed by atoms with Crippen LogP contribution in [0.5, 0.6) is 0 Å². The first-order chi connectivity index (χ1) is 13.9. The Morgan fingerprint density at radius 3 is 2.59 bits per heavy atom. The van der Waals surface area contributed by atoms with Gasteiger partial charge in [-0.1, -0.05) is 17.7 Å². The number of anilines is 1. The predicted molar refractivity (Wildman–Crippen MR) is 113 cm³/mol. The molecular formula is C22H24ClFN4O. The standard InChI is InChI=1S/C22H24ClFN4O/c1-26(2)14-22-25-9-10-27(22)17-7-8-19(20(24)11-17)21-12-18(29)13-28(21)16-5-3-15(23)4-6-16/h3-11,18,21,29H,12-14H2,1-2H3/t18-,21-/m1/s1. The van der Waals surface area contributed by atoms with Crippen LogP contribution in [0.4, 0.5) is 10.1 Å². The van der Waals surface area contributed by atoms with Crippen molar-refractivity contribution in [2.75, 3.05) is 25.5 Å². The number of halogens is 2. The molecule has 0 aliphatic carbocycles. The van der Waals surface area contributed by atoms with Crippen molar-refractivity contribution in [3.05, 3.63) is 77.1 Å². The number of nitrogens with zero attached hydrogens (tertiary/aromatic N) is 4. The van der Waals surface area contributed by atoms with E-state index in [0.717, 1.165) is 17.2 Å². The van der Waals surface area contributed by atoms with Crippen LogP contribution in [0.1, 0.15) is 23.9 Å². The lowest BCUT2D eigenvalue weighted by atomic mass is 10.0. The van der Waals surface area contributed by atoms with Gasteiger partial charge in [0, 0.05) is 40.9 Å². The summed E-state index contributed by atoms with van der Waals surface area (Å²) in [6.45, 7) is 1.12. The molecule has 2 aromatic carbocycles. The second-order valence-corrected chi connectivity index (χ2v) is 8.13. The summed E-state index contributed by atoms with van der Waals surface area (Å²) in [5, 5.41) is 10.9. The quantitative estimate of drug-likeness (QED) is 0.684. The Morgan fingerprint density at radius 1 is 1.17 bits per heavy atom. The van der Waals surface area contributed by atoms with E-state index >= 15 is 4.39 Å². The number of aromatic nitrogens is 2. The molecule has 1 aromatic heterocycles. The molecule has 1 aliphatic heterocycles. The predicted octanol–water partition coefficient (Wildman–Crippen LogP) is 4.04. The summed E-state index contributed by atoms with van der Waals surface area (Å²) in [6.07, 6.45) is 3.54. The molecule has 1 N–H and O–H groups in total. The molecule has 4 rings (SSSR count). The third kappa shape index (κ3) is 4.15. The summed E-state index contributed by atoms with van der Waals surface area (Å²) >= 11 is 6.00. The smallest absolute Gasteiger partial charge is 0.130 e. The molecule has 29 heavy (non-hydrogen) atoms. The summed E-state index contributed by atoms with van der Waals surface area (Å²) in [4.78, 5) is 8.43. The number of hydrogen-bond acceptors (Lipinski definition) is 4. The molecule has 0 saturated carbocycles. The molecular weight excluding hydrogens is 391 g/mol. The van der Waals surface area contributed by atoms with E-state index in [0.29, 0.717) is 30.1 Å². The third-order valence-corrected chi connectivity index (χ3v) is 5.49. The number of aliphatic hydroxyl groups excluding tert-OH is 1. The van der Waals surface area contributed by atoms with Crippen LogP contribution in [-0.2, 0) is 6.54 Å². The van der Waals surface area contributed by atoms with E-state index in [2.05, 4.69) is 4.98 Å². The first kappa shape index (κ1) is 19.9. The Labute approximate surface area is 175 Å². The van der Waals surface area contributed by atoms with Gasteiger partial charge in [0.25, 0.3) is 0 Å². The highest BCUT2D eigenvalue weighted by Gasteiger charge is 2.34. The Morgan fingerprint density at radius 2 is 1.90 bits per heavy atom. The number of rotatable bonds is 5. The number of benzene rings is 2. The van der Waals surface area contributed by atoms with Crippen molar-refractivity contribution in [3.8, 4) is 5.69 Å². The summed E-state index contributed by atoms with van der Waals surface area (Å²) in [6, 6.07) is 12.5. The van der Waals surface area contributed by atoms with Crippen LogP contribution in [0, 0.1) is 5.82 Å². The van der Waals surface area contributed by atoms with E-state index in [9.17, 15) is 5.11 Å². The molecule has 152 valence electrons. The Hall–Kier alpha value is -2.41. The molecule has 2 atom stereocenters. The molecule has 0 radical (unpaired) electrons. The highest BCUT2D eigenvalue weighted by Crippen LogP contribution is 2.38. The largest absolute Gasteiger partial charge is 0.391 e. The van der Waals surface area contributed by atoms with Gasteiger partial charge in [-0.25, -0.2) is 9.37 Å². The zero-order chi connectivity index (χ0) is 20.5. The van der Waals surface area contributed by atoms with Crippen LogP contribution in [-0.4, -0.2) is 46.3 Å². The van der Waals surface area contributed by atoms with Gasteiger partial charge < -0.3 is 19.5 Å². The van der Waals surface area contributed by atoms with Gasteiger partial charge in [-0.3, -0.25) is 0 Å². The van der Waals surface area contributed by atoms with Crippen molar-refractivity contribution in [2.24, 2.45) is 0 Å². The van der Waals surface area contributed by atoms with Crippen molar-refractivity contribution in [1.29, 1.82) is 0 Å². The van der Waals surface area contributed by atoms with E-state index in [-0.39, 0.29) is 11.9 Å². The van der Waals surface area contributed by atoms with E-state index in [1.165, 1.54) is 0 Å². The van der Waals surface area contributed by atoms with Crippen LogP contribution in [0.3, 0.4) is 0 Å². The molecule has 0 unspecified atom stereocenters. The number of β-amino-alcohol motifs (C(OH)–C–C–N with tert-alkyl or cyclic N) is 1. The highest BCUT2D eigenvalue weighted by molar-refractivity contribution is 6.30.